The average Bonchev–Trinajstić information content (AvgIpc) is 3.01. The molecule has 1 amide bonds. The zero-order valence-electron chi connectivity index (χ0n) is 12.9. The molecular formula is C17H21NO5. The van der Waals surface area contributed by atoms with Gasteiger partial charge in [-0.3, -0.25) is 9.59 Å². The van der Waals surface area contributed by atoms with E-state index in [-0.39, 0.29) is 18.7 Å². The molecule has 1 aliphatic rings. The molecule has 1 unspecified atom stereocenters. The molecule has 1 heterocycles. The van der Waals surface area contributed by atoms with Crippen molar-refractivity contribution in [2.24, 2.45) is 5.92 Å². The number of hydrogen-bond donors (Lipinski definition) is 2. The first kappa shape index (κ1) is 17.0. The Morgan fingerprint density at radius 3 is 2.48 bits per heavy atom. The van der Waals surface area contributed by atoms with Gasteiger partial charge in [0.25, 0.3) is 0 Å². The molecule has 23 heavy (non-hydrogen) atoms. The molecule has 1 aliphatic heterocycles. The summed E-state index contributed by atoms with van der Waals surface area (Å²) in [6, 6.07) is 8.59. The average molecular weight is 319 g/mol. The number of benzene rings is 1. The number of carboxylic acid groups (broad SMARTS) is 2. The van der Waals surface area contributed by atoms with Crippen LogP contribution in [-0.4, -0.2) is 45.5 Å². The fraction of sp³-hybridized carbons (Fsp3) is 0.471. The fourth-order valence-electron chi connectivity index (χ4n) is 3.03. The minimum absolute atomic E-state index is 0.102. The molecule has 0 saturated carbocycles. The normalized spacial score (nSPS) is 18.6. The number of likely N-dealkylation sites (tertiary alicyclic amines) is 1. The van der Waals surface area contributed by atoms with E-state index >= 15 is 0 Å². The van der Waals surface area contributed by atoms with E-state index in [0.29, 0.717) is 25.8 Å². The van der Waals surface area contributed by atoms with Crippen molar-refractivity contribution in [3.63, 3.8) is 0 Å². The Labute approximate surface area is 134 Å². The van der Waals surface area contributed by atoms with E-state index < -0.39 is 23.9 Å². The predicted molar refractivity (Wildman–Crippen MR) is 82.9 cm³/mol. The van der Waals surface area contributed by atoms with Crippen molar-refractivity contribution in [2.75, 3.05) is 6.54 Å². The van der Waals surface area contributed by atoms with Gasteiger partial charge in [0.15, 0.2) is 0 Å². The van der Waals surface area contributed by atoms with Crippen LogP contribution in [0.25, 0.3) is 0 Å². The molecule has 0 bridgehead atoms. The molecule has 6 nitrogen and oxygen atoms in total. The van der Waals surface area contributed by atoms with Gasteiger partial charge in [-0.05, 0) is 31.2 Å². The van der Waals surface area contributed by atoms with Gasteiger partial charge in [-0.1, -0.05) is 30.3 Å². The SMILES string of the molecule is O=C(O)CCC(Cc1ccccc1)C(=O)N1CCC[C@H]1C(=O)O. The van der Waals surface area contributed by atoms with E-state index in [1.54, 1.807) is 0 Å². The molecular weight excluding hydrogens is 298 g/mol. The second-order valence-corrected chi connectivity index (χ2v) is 5.85. The van der Waals surface area contributed by atoms with Gasteiger partial charge in [0.2, 0.25) is 5.91 Å². The number of rotatable bonds is 7. The Morgan fingerprint density at radius 2 is 1.87 bits per heavy atom. The summed E-state index contributed by atoms with van der Waals surface area (Å²) < 4.78 is 0. The maximum atomic E-state index is 12.7. The number of nitrogens with zero attached hydrogens (tertiary/aromatic N) is 1. The molecule has 2 rings (SSSR count). The molecule has 2 atom stereocenters. The monoisotopic (exact) mass is 319 g/mol. The Hall–Kier alpha value is -2.37. The Bertz CT molecular complexity index is 572. The highest BCUT2D eigenvalue weighted by atomic mass is 16.4. The van der Waals surface area contributed by atoms with Crippen LogP contribution in [0.1, 0.15) is 31.2 Å². The van der Waals surface area contributed by atoms with Crippen LogP contribution >= 0.6 is 0 Å². The van der Waals surface area contributed by atoms with E-state index in [1.165, 1.54) is 4.90 Å². The summed E-state index contributed by atoms with van der Waals surface area (Å²) >= 11 is 0. The highest BCUT2D eigenvalue weighted by Gasteiger charge is 2.37. The molecule has 1 saturated heterocycles. The van der Waals surface area contributed by atoms with Gasteiger partial charge in [-0.2, -0.15) is 0 Å². The largest absolute Gasteiger partial charge is 0.481 e. The first-order valence-corrected chi connectivity index (χ1v) is 7.78. The lowest BCUT2D eigenvalue weighted by atomic mass is 9.93. The molecule has 2 N–H and O–H groups in total. The quantitative estimate of drug-likeness (QED) is 0.799. The molecule has 124 valence electrons. The van der Waals surface area contributed by atoms with E-state index in [1.807, 2.05) is 30.3 Å². The number of carbonyl (C=O) groups excluding carboxylic acids is 1. The van der Waals surface area contributed by atoms with Gasteiger partial charge >= 0.3 is 11.9 Å². The van der Waals surface area contributed by atoms with Gasteiger partial charge in [-0.25, -0.2) is 4.79 Å². The topological polar surface area (TPSA) is 94.9 Å². The maximum absolute atomic E-state index is 12.7. The molecule has 1 aromatic rings. The van der Waals surface area contributed by atoms with Gasteiger partial charge in [0.1, 0.15) is 6.04 Å². The summed E-state index contributed by atoms with van der Waals surface area (Å²) in [5.74, 6) is -2.70. The van der Waals surface area contributed by atoms with E-state index in [4.69, 9.17) is 5.11 Å². The van der Waals surface area contributed by atoms with Crippen molar-refractivity contribution in [1.82, 2.24) is 4.90 Å². The zero-order chi connectivity index (χ0) is 16.8. The van der Waals surface area contributed by atoms with Crippen molar-refractivity contribution in [1.29, 1.82) is 0 Å². The third kappa shape index (κ3) is 4.55. The molecule has 0 spiro atoms. The van der Waals surface area contributed by atoms with Crippen LogP contribution in [0.3, 0.4) is 0 Å². The number of amides is 1. The third-order valence-corrected chi connectivity index (χ3v) is 4.20. The predicted octanol–water partition coefficient (Wildman–Crippen LogP) is 1.79. The van der Waals surface area contributed by atoms with Gasteiger partial charge in [-0.15, -0.1) is 0 Å². The lowest BCUT2D eigenvalue weighted by molar-refractivity contribution is -0.150. The first-order valence-electron chi connectivity index (χ1n) is 7.78. The lowest BCUT2D eigenvalue weighted by Crippen LogP contribution is -2.44. The van der Waals surface area contributed by atoms with Crippen LogP contribution in [0.2, 0.25) is 0 Å². The zero-order valence-corrected chi connectivity index (χ0v) is 12.9. The summed E-state index contributed by atoms with van der Waals surface area (Å²) in [7, 11) is 0. The highest BCUT2D eigenvalue weighted by Crippen LogP contribution is 2.24. The van der Waals surface area contributed by atoms with Crippen molar-refractivity contribution in [2.45, 2.75) is 38.1 Å². The maximum Gasteiger partial charge on any atom is 0.326 e. The summed E-state index contributed by atoms with van der Waals surface area (Å²) in [4.78, 5) is 36.3. The second kappa shape index (κ2) is 7.76. The van der Waals surface area contributed by atoms with Crippen molar-refractivity contribution in [3.05, 3.63) is 35.9 Å². The second-order valence-electron chi connectivity index (χ2n) is 5.85. The van der Waals surface area contributed by atoms with Crippen LogP contribution in [0.15, 0.2) is 30.3 Å². The van der Waals surface area contributed by atoms with Crippen LogP contribution in [0.4, 0.5) is 0 Å². The minimum atomic E-state index is -0.993. The van der Waals surface area contributed by atoms with E-state index in [0.717, 1.165) is 5.56 Å². The first-order chi connectivity index (χ1) is 11.0. The van der Waals surface area contributed by atoms with Crippen LogP contribution in [0, 0.1) is 5.92 Å². The Kier molecular flexibility index (Phi) is 5.73. The molecule has 0 radical (unpaired) electrons. The third-order valence-electron chi connectivity index (χ3n) is 4.20. The number of hydrogen-bond acceptors (Lipinski definition) is 3. The smallest absolute Gasteiger partial charge is 0.326 e. The van der Waals surface area contributed by atoms with E-state index in [9.17, 15) is 19.5 Å². The van der Waals surface area contributed by atoms with Gasteiger partial charge < -0.3 is 15.1 Å². The van der Waals surface area contributed by atoms with E-state index in [2.05, 4.69) is 0 Å². The summed E-state index contributed by atoms with van der Waals surface area (Å²) in [6.07, 6.45) is 1.66. The number of carboxylic acids is 2. The van der Waals surface area contributed by atoms with Crippen LogP contribution < -0.4 is 0 Å². The molecule has 0 aliphatic carbocycles. The van der Waals surface area contributed by atoms with Crippen molar-refractivity contribution < 1.29 is 24.6 Å². The Balaban J connectivity index is 2.13. The van der Waals surface area contributed by atoms with Gasteiger partial charge in [0, 0.05) is 18.9 Å². The number of carbonyl (C=O) groups is 3. The molecule has 0 aromatic heterocycles. The van der Waals surface area contributed by atoms with Crippen LogP contribution in [0.5, 0.6) is 0 Å². The molecule has 1 aromatic carbocycles. The highest BCUT2D eigenvalue weighted by molar-refractivity contribution is 5.86. The fourth-order valence-corrected chi connectivity index (χ4v) is 3.03. The van der Waals surface area contributed by atoms with Crippen molar-refractivity contribution >= 4 is 17.8 Å². The standard InChI is InChI=1S/C17H21NO5/c19-15(20)9-8-13(11-12-5-2-1-3-6-12)16(21)18-10-4-7-14(18)17(22)23/h1-3,5-6,13-14H,4,7-11H2,(H,19,20)(H,22,23)/t13?,14-/m0/s1. The summed E-state index contributed by atoms with van der Waals surface area (Å²) in [5, 5.41) is 18.1. The van der Waals surface area contributed by atoms with Gasteiger partial charge in [0.05, 0.1) is 0 Å². The van der Waals surface area contributed by atoms with Crippen LogP contribution in [-0.2, 0) is 20.8 Å². The lowest BCUT2D eigenvalue weighted by Gasteiger charge is -2.26. The summed E-state index contributed by atoms with van der Waals surface area (Å²) in [6.45, 7) is 0.425. The Morgan fingerprint density at radius 1 is 1.17 bits per heavy atom. The molecule has 1 fully saturated rings. The summed E-state index contributed by atoms with van der Waals surface area (Å²) in [5.41, 5.74) is 0.947. The van der Waals surface area contributed by atoms with Crippen molar-refractivity contribution in [3.8, 4) is 0 Å². The minimum Gasteiger partial charge on any atom is -0.481 e. The molecule has 6 heteroatoms. The number of aliphatic carboxylic acids is 2.